The molecule has 0 spiro atoms. The molecule has 19 heavy (non-hydrogen) atoms. The Morgan fingerprint density at radius 2 is 2.11 bits per heavy atom. The lowest BCUT2D eigenvalue weighted by molar-refractivity contribution is 0.163. The molecule has 106 valence electrons. The van der Waals surface area contributed by atoms with Crippen LogP contribution in [0.4, 0.5) is 0 Å². The highest BCUT2D eigenvalue weighted by molar-refractivity contribution is 7.16. The summed E-state index contributed by atoms with van der Waals surface area (Å²) in [6.45, 7) is 8.05. The fourth-order valence-electron chi connectivity index (χ4n) is 2.27. The molecule has 0 bridgehead atoms. The third-order valence-corrected chi connectivity index (χ3v) is 4.19. The lowest BCUT2D eigenvalue weighted by Crippen LogP contribution is -2.41. The number of rotatable bonds is 7. The Morgan fingerprint density at radius 3 is 2.53 bits per heavy atom. The summed E-state index contributed by atoms with van der Waals surface area (Å²) >= 11 is 7.60. The lowest BCUT2D eigenvalue weighted by atomic mass is 10.0. The van der Waals surface area contributed by atoms with Crippen molar-refractivity contribution in [3.05, 3.63) is 21.3 Å². The minimum absolute atomic E-state index is 0.00663. The van der Waals surface area contributed by atoms with E-state index in [4.69, 9.17) is 22.6 Å². The van der Waals surface area contributed by atoms with E-state index in [1.165, 1.54) is 4.88 Å². The topological polar surface area (TPSA) is 53.0 Å². The van der Waals surface area contributed by atoms with Crippen molar-refractivity contribution in [3.8, 4) is 6.07 Å². The molecule has 0 aliphatic rings. The summed E-state index contributed by atoms with van der Waals surface area (Å²) in [7, 11) is 0. The van der Waals surface area contributed by atoms with Gasteiger partial charge in [-0.3, -0.25) is 4.90 Å². The van der Waals surface area contributed by atoms with Gasteiger partial charge in [0.05, 0.1) is 16.4 Å². The van der Waals surface area contributed by atoms with Crippen molar-refractivity contribution in [1.29, 1.82) is 5.26 Å². The Bertz CT molecular complexity index is 423. The Kier molecular flexibility index (Phi) is 6.81. The van der Waals surface area contributed by atoms with E-state index in [0.29, 0.717) is 12.3 Å². The average Bonchev–Trinajstić information content (AvgIpc) is 2.71. The number of hydrogen-bond donors (Lipinski definition) is 1. The average molecular weight is 300 g/mol. The van der Waals surface area contributed by atoms with Crippen molar-refractivity contribution in [2.24, 2.45) is 11.7 Å². The zero-order chi connectivity index (χ0) is 14.4. The van der Waals surface area contributed by atoms with Crippen molar-refractivity contribution in [2.75, 3.05) is 13.1 Å². The molecule has 2 atom stereocenters. The van der Waals surface area contributed by atoms with Crippen LogP contribution < -0.4 is 5.73 Å². The second-order valence-electron chi connectivity index (χ2n) is 5.24. The number of halogens is 1. The standard InChI is InChI=1S/C14H22ClN3S/c1-10(2)9-18(8-4-7-16)14(11(3)17)12-5-6-13(15)19-12/h5-6,10-11,14H,4,8-9,17H2,1-3H3. The molecule has 1 rings (SSSR count). The van der Waals surface area contributed by atoms with Gasteiger partial charge >= 0.3 is 0 Å². The van der Waals surface area contributed by atoms with Gasteiger partial charge in [-0.25, -0.2) is 0 Å². The molecule has 0 aromatic carbocycles. The van der Waals surface area contributed by atoms with Gasteiger partial charge in [0.25, 0.3) is 0 Å². The van der Waals surface area contributed by atoms with E-state index in [2.05, 4.69) is 24.8 Å². The molecular formula is C14H22ClN3S. The third-order valence-electron chi connectivity index (χ3n) is 2.89. The quantitative estimate of drug-likeness (QED) is 0.836. The largest absolute Gasteiger partial charge is 0.326 e. The van der Waals surface area contributed by atoms with E-state index >= 15 is 0 Å². The molecule has 0 amide bonds. The van der Waals surface area contributed by atoms with Crippen LogP contribution in [0.1, 0.15) is 38.1 Å². The maximum absolute atomic E-state index is 8.82. The van der Waals surface area contributed by atoms with Gasteiger partial charge < -0.3 is 5.73 Å². The molecule has 2 unspecified atom stereocenters. The number of hydrogen-bond acceptors (Lipinski definition) is 4. The van der Waals surface area contributed by atoms with Gasteiger partial charge in [0.2, 0.25) is 0 Å². The smallest absolute Gasteiger partial charge is 0.0931 e. The third kappa shape index (κ3) is 5.12. The molecule has 0 saturated carbocycles. The van der Waals surface area contributed by atoms with Crippen molar-refractivity contribution in [3.63, 3.8) is 0 Å². The van der Waals surface area contributed by atoms with E-state index in [1.54, 1.807) is 11.3 Å². The lowest BCUT2D eigenvalue weighted by Gasteiger charge is -2.34. The summed E-state index contributed by atoms with van der Waals surface area (Å²) in [5.41, 5.74) is 6.17. The summed E-state index contributed by atoms with van der Waals surface area (Å²) in [4.78, 5) is 3.49. The van der Waals surface area contributed by atoms with Crippen LogP contribution in [0.15, 0.2) is 12.1 Å². The minimum atomic E-state index is 0.00663. The van der Waals surface area contributed by atoms with Gasteiger partial charge in [0.15, 0.2) is 0 Å². The second kappa shape index (κ2) is 7.86. The minimum Gasteiger partial charge on any atom is -0.326 e. The summed E-state index contributed by atoms with van der Waals surface area (Å²) in [5.74, 6) is 0.537. The van der Waals surface area contributed by atoms with Gasteiger partial charge in [-0.05, 0) is 25.0 Å². The SMILES string of the molecule is CC(C)CN(CCC#N)C(c1ccc(Cl)s1)C(C)N. The summed E-state index contributed by atoms with van der Waals surface area (Å²) in [5, 5.41) is 8.82. The molecular weight excluding hydrogens is 278 g/mol. The predicted molar refractivity (Wildman–Crippen MR) is 82.4 cm³/mol. The molecule has 0 fully saturated rings. The first kappa shape index (κ1) is 16.5. The number of nitrogens with zero attached hydrogens (tertiary/aromatic N) is 2. The van der Waals surface area contributed by atoms with Crippen LogP contribution in [-0.2, 0) is 0 Å². The molecule has 2 N–H and O–H groups in total. The van der Waals surface area contributed by atoms with Gasteiger partial charge in [0, 0.05) is 30.4 Å². The molecule has 0 radical (unpaired) electrons. The van der Waals surface area contributed by atoms with Gasteiger partial charge in [-0.15, -0.1) is 11.3 Å². The maximum atomic E-state index is 8.82. The van der Waals surface area contributed by atoms with Crippen LogP contribution in [0.2, 0.25) is 4.34 Å². The first-order chi connectivity index (χ1) is 8.95. The van der Waals surface area contributed by atoms with Crippen molar-refractivity contribution < 1.29 is 0 Å². The van der Waals surface area contributed by atoms with Crippen molar-refractivity contribution in [1.82, 2.24) is 4.90 Å². The molecule has 0 aliphatic carbocycles. The number of nitriles is 1. The normalized spacial score (nSPS) is 14.6. The summed E-state index contributed by atoms with van der Waals surface area (Å²) in [6, 6.07) is 6.31. The second-order valence-corrected chi connectivity index (χ2v) is 6.99. The van der Waals surface area contributed by atoms with Crippen LogP contribution in [0.3, 0.4) is 0 Å². The zero-order valence-electron chi connectivity index (χ0n) is 11.8. The highest BCUT2D eigenvalue weighted by atomic mass is 35.5. The monoisotopic (exact) mass is 299 g/mol. The van der Waals surface area contributed by atoms with E-state index in [0.717, 1.165) is 17.4 Å². The van der Waals surface area contributed by atoms with Gasteiger partial charge in [-0.2, -0.15) is 5.26 Å². The Balaban J connectivity index is 2.94. The zero-order valence-corrected chi connectivity index (χ0v) is 13.3. The van der Waals surface area contributed by atoms with Crippen LogP contribution in [-0.4, -0.2) is 24.0 Å². The summed E-state index contributed by atoms with van der Waals surface area (Å²) < 4.78 is 0.783. The van der Waals surface area contributed by atoms with E-state index in [-0.39, 0.29) is 12.1 Å². The summed E-state index contributed by atoms with van der Waals surface area (Å²) in [6.07, 6.45) is 0.523. The van der Waals surface area contributed by atoms with Crippen LogP contribution in [0, 0.1) is 17.2 Å². The van der Waals surface area contributed by atoms with Crippen LogP contribution >= 0.6 is 22.9 Å². The molecule has 5 heteroatoms. The molecule has 0 saturated heterocycles. The maximum Gasteiger partial charge on any atom is 0.0931 e. The van der Waals surface area contributed by atoms with Crippen molar-refractivity contribution >= 4 is 22.9 Å². The molecule has 3 nitrogen and oxygen atoms in total. The van der Waals surface area contributed by atoms with Gasteiger partial charge in [-0.1, -0.05) is 25.4 Å². The predicted octanol–water partition coefficient (Wildman–Crippen LogP) is 3.66. The fourth-order valence-corrected chi connectivity index (χ4v) is 3.58. The number of thiophene rings is 1. The molecule has 1 aromatic heterocycles. The van der Waals surface area contributed by atoms with Gasteiger partial charge in [0.1, 0.15) is 0 Å². The number of nitrogens with two attached hydrogens (primary N) is 1. The van der Waals surface area contributed by atoms with Crippen molar-refractivity contribution in [2.45, 2.75) is 39.3 Å². The van der Waals surface area contributed by atoms with E-state index < -0.39 is 0 Å². The molecule has 1 aromatic rings. The van der Waals surface area contributed by atoms with Crippen LogP contribution in [0.25, 0.3) is 0 Å². The van der Waals surface area contributed by atoms with E-state index in [9.17, 15) is 0 Å². The fraction of sp³-hybridized carbons (Fsp3) is 0.643. The highest BCUT2D eigenvalue weighted by Crippen LogP contribution is 2.32. The van der Waals surface area contributed by atoms with Crippen LogP contribution in [0.5, 0.6) is 0 Å². The Morgan fingerprint density at radius 1 is 1.42 bits per heavy atom. The first-order valence-electron chi connectivity index (χ1n) is 6.57. The molecule has 0 aliphatic heterocycles. The first-order valence-corrected chi connectivity index (χ1v) is 7.77. The Hall–Kier alpha value is -0.600. The Labute approximate surface area is 125 Å². The highest BCUT2D eigenvalue weighted by Gasteiger charge is 2.25. The van der Waals surface area contributed by atoms with E-state index in [1.807, 2.05) is 19.1 Å². The molecule has 1 heterocycles.